The molecule has 58 valence electrons. The van der Waals surface area contributed by atoms with Crippen LogP contribution in [0, 0.1) is 19.3 Å². The third-order valence-corrected chi connectivity index (χ3v) is 2.63. The van der Waals surface area contributed by atoms with E-state index in [0.717, 1.165) is 4.88 Å². The minimum atomic E-state index is 0.547. The summed E-state index contributed by atoms with van der Waals surface area (Å²) in [5, 5.41) is 0. The number of rotatable bonds is 1. The van der Waals surface area contributed by atoms with Crippen molar-refractivity contribution in [3.8, 4) is 12.3 Å². The molecule has 0 aliphatic heterocycles. The quantitative estimate of drug-likeness (QED) is 0.559. The van der Waals surface area contributed by atoms with Gasteiger partial charge in [-0.3, -0.25) is 0 Å². The van der Waals surface area contributed by atoms with Gasteiger partial charge in [0.05, 0.1) is 4.88 Å². The number of terminal acetylenes is 1. The molecule has 0 amide bonds. The normalized spacial score (nSPS) is 10.1. The summed E-state index contributed by atoms with van der Waals surface area (Å²) in [6.45, 7) is 6.43. The largest absolute Gasteiger partial charge is 0.132 e. The van der Waals surface area contributed by atoms with E-state index in [2.05, 4.69) is 32.8 Å². The minimum Gasteiger partial charge on any atom is -0.132 e. The van der Waals surface area contributed by atoms with Crippen LogP contribution in [0.4, 0.5) is 0 Å². The summed E-state index contributed by atoms with van der Waals surface area (Å²) in [5.74, 6) is 3.26. The lowest BCUT2D eigenvalue weighted by Crippen LogP contribution is -1.85. The van der Waals surface area contributed by atoms with E-state index in [-0.39, 0.29) is 0 Å². The van der Waals surface area contributed by atoms with Crippen molar-refractivity contribution in [2.45, 2.75) is 26.7 Å². The van der Waals surface area contributed by atoms with Crippen LogP contribution >= 0.6 is 11.3 Å². The van der Waals surface area contributed by atoms with E-state index >= 15 is 0 Å². The van der Waals surface area contributed by atoms with Gasteiger partial charge in [0, 0.05) is 4.88 Å². The molecule has 0 saturated carbocycles. The molecule has 0 atom stereocenters. The standard InChI is InChI=1S/C10H12S/c1-5-10-9(7(2)3)6-8(4)11-10/h1,6-7H,2-4H3. The van der Waals surface area contributed by atoms with Gasteiger partial charge in [-0.2, -0.15) is 0 Å². The van der Waals surface area contributed by atoms with Gasteiger partial charge in [0.2, 0.25) is 0 Å². The summed E-state index contributed by atoms with van der Waals surface area (Å²) in [5.41, 5.74) is 1.31. The predicted molar refractivity (Wildman–Crippen MR) is 51.1 cm³/mol. The van der Waals surface area contributed by atoms with Crippen LogP contribution in [0.15, 0.2) is 6.07 Å². The SMILES string of the molecule is C#Cc1sc(C)cc1C(C)C. The Kier molecular flexibility index (Phi) is 2.36. The Labute approximate surface area is 72.3 Å². The van der Waals surface area contributed by atoms with Crippen LogP contribution in [0.1, 0.15) is 35.1 Å². The highest BCUT2D eigenvalue weighted by Crippen LogP contribution is 2.26. The number of aryl methyl sites for hydroxylation is 1. The molecule has 11 heavy (non-hydrogen) atoms. The van der Waals surface area contributed by atoms with Crippen LogP contribution in [-0.4, -0.2) is 0 Å². The molecule has 0 aliphatic carbocycles. The van der Waals surface area contributed by atoms with Gasteiger partial charge in [-0.15, -0.1) is 17.8 Å². The molecule has 0 radical (unpaired) electrons. The molecular formula is C10H12S. The van der Waals surface area contributed by atoms with Crippen molar-refractivity contribution in [3.05, 3.63) is 21.4 Å². The molecule has 0 unspecified atom stereocenters. The first-order valence-corrected chi connectivity index (χ1v) is 4.53. The summed E-state index contributed by atoms with van der Waals surface area (Å²) in [4.78, 5) is 2.40. The van der Waals surface area contributed by atoms with Gasteiger partial charge in [0.15, 0.2) is 0 Å². The maximum absolute atomic E-state index is 5.36. The summed E-state index contributed by atoms with van der Waals surface area (Å²) in [6.07, 6.45) is 5.36. The smallest absolute Gasteiger partial charge is 0.0803 e. The molecule has 0 saturated heterocycles. The lowest BCUT2D eigenvalue weighted by Gasteiger charge is -2.00. The second-order valence-corrected chi connectivity index (χ2v) is 4.20. The first kappa shape index (κ1) is 8.36. The molecule has 0 spiro atoms. The highest BCUT2D eigenvalue weighted by atomic mass is 32.1. The molecule has 1 heterocycles. The maximum atomic E-state index is 5.36. The van der Waals surface area contributed by atoms with Gasteiger partial charge in [-0.25, -0.2) is 0 Å². The van der Waals surface area contributed by atoms with E-state index in [1.165, 1.54) is 10.4 Å². The molecule has 0 nitrogen and oxygen atoms in total. The molecular weight excluding hydrogens is 152 g/mol. The predicted octanol–water partition coefficient (Wildman–Crippen LogP) is 3.16. The molecule has 0 N–H and O–H groups in total. The first-order chi connectivity index (χ1) is 5.15. The average molecular weight is 164 g/mol. The molecule has 0 bridgehead atoms. The average Bonchev–Trinajstić information content (AvgIpc) is 2.30. The van der Waals surface area contributed by atoms with Crippen molar-refractivity contribution in [2.75, 3.05) is 0 Å². The maximum Gasteiger partial charge on any atom is 0.0803 e. The van der Waals surface area contributed by atoms with E-state index in [4.69, 9.17) is 6.42 Å². The zero-order valence-corrected chi connectivity index (χ0v) is 7.96. The molecule has 0 fully saturated rings. The van der Waals surface area contributed by atoms with Gasteiger partial charge in [-0.1, -0.05) is 19.8 Å². The number of hydrogen-bond donors (Lipinski definition) is 0. The van der Waals surface area contributed by atoms with Gasteiger partial charge in [0.1, 0.15) is 0 Å². The second kappa shape index (κ2) is 3.11. The van der Waals surface area contributed by atoms with Gasteiger partial charge >= 0.3 is 0 Å². The summed E-state index contributed by atoms with van der Waals surface area (Å²) < 4.78 is 0. The van der Waals surface area contributed by atoms with Crippen LogP contribution < -0.4 is 0 Å². The van der Waals surface area contributed by atoms with Crippen LogP contribution in [-0.2, 0) is 0 Å². The number of hydrogen-bond acceptors (Lipinski definition) is 1. The monoisotopic (exact) mass is 164 g/mol. The highest BCUT2D eigenvalue weighted by Gasteiger charge is 2.07. The van der Waals surface area contributed by atoms with Crippen molar-refractivity contribution >= 4 is 11.3 Å². The molecule has 0 aliphatic rings. The van der Waals surface area contributed by atoms with Crippen molar-refractivity contribution in [2.24, 2.45) is 0 Å². The lowest BCUT2D eigenvalue weighted by atomic mass is 10.0. The third kappa shape index (κ3) is 1.64. The van der Waals surface area contributed by atoms with Crippen molar-refractivity contribution in [1.29, 1.82) is 0 Å². The molecule has 0 aromatic carbocycles. The Morgan fingerprint density at radius 1 is 1.55 bits per heavy atom. The van der Waals surface area contributed by atoms with Gasteiger partial charge in [0.25, 0.3) is 0 Å². The Hall–Kier alpha value is -0.740. The fourth-order valence-corrected chi connectivity index (χ4v) is 2.05. The van der Waals surface area contributed by atoms with Crippen molar-refractivity contribution in [3.63, 3.8) is 0 Å². The third-order valence-electron chi connectivity index (χ3n) is 1.64. The van der Waals surface area contributed by atoms with E-state index < -0.39 is 0 Å². The van der Waals surface area contributed by atoms with E-state index in [0.29, 0.717) is 5.92 Å². The van der Waals surface area contributed by atoms with E-state index in [1.54, 1.807) is 11.3 Å². The van der Waals surface area contributed by atoms with Crippen molar-refractivity contribution in [1.82, 2.24) is 0 Å². The van der Waals surface area contributed by atoms with Gasteiger partial charge < -0.3 is 0 Å². The van der Waals surface area contributed by atoms with Gasteiger partial charge in [-0.05, 0) is 24.5 Å². The lowest BCUT2D eigenvalue weighted by molar-refractivity contribution is 0.869. The molecule has 1 rings (SSSR count). The fourth-order valence-electron chi connectivity index (χ4n) is 1.08. The Morgan fingerprint density at radius 3 is 2.55 bits per heavy atom. The number of thiophene rings is 1. The second-order valence-electron chi connectivity index (χ2n) is 2.94. The van der Waals surface area contributed by atoms with Crippen LogP contribution in [0.5, 0.6) is 0 Å². The van der Waals surface area contributed by atoms with E-state index in [9.17, 15) is 0 Å². The van der Waals surface area contributed by atoms with E-state index in [1.807, 2.05) is 0 Å². The molecule has 1 aromatic heterocycles. The topological polar surface area (TPSA) is 0 Å². The fraction of sp³-hybridized carbons (Fsp3) is 0.400. The van der Waals surface area contributed by atoms with Crippen LogP contribution in [0.2, 0.25) is 0 Å². The Balaban J connectivity index is 3.15. The molecule has 1 heteroatoms. The zero-order chi connectivity index (χ0) is 8.43. The van der Waals surface area contributed by atoms with Crippen LogP contribution in [0.3, 0.4) is 0 Å². The highest BCUT2D eigenvalue weighted by molar-refractivity contribution is 7.12. The first-order valence-electron chi connectivity index (χ1n) is 3.72. The summed E-state index contributed by atoms with van der Waals surface area (Å²) >= 11 is 1.71. The van der Waals surface area contributed by atoms with Crippen molar-refractivity contribution < 1.29 is 0 Å². The Bertz CT molecular complexity index is 286. The Morgan fingerprint density at radius 2 is 2.18 bits per heavy atom. The summed E-state index contributed by atoms with van der Waals surface area (Å²) in [7, 11) is 0. The van der Waals surface area contributed by atoms with Crippen LogP contribution in [0.25, 0.3) is 0 Å². The minimum absolute atomic E-state index is 0.547. The molecule has 1 aromatic rings. The summed E-state index contributed by atoms with van der Waals surface area (Å²) in [6, 6.07) is 2.19. The zero-order valence-electron chi connectivity index (χ0n) is 7.14.